The van der Waals surface area contributed by atoms with Crippen LogP contribution in [0.15, 0.2) is 41.4 Å². The van der Waals surface area contributed by atoms with Crippen LogP contribution < -0.4 is 11.1 Å². The predicted octanol–water partition coefficient (Wildman–Crippen LogP) is 3.38. The number of amides is 1. The minimum atomic E-state index is -0.105. The Morgan fingerprint density at radius 1 is 1.40 bits per heavy atom. The summed E-state index contributed by atoms with van der Waals surface area (Å²) < 4.78 is 1.99. The maximum atomic E-state index is 12.4. The van der Waals surface area contributed by atoms with E-state index in [0.717, 1.165) is 23.4 Å². The van der Waals surface area contributed by atoms with Gasteiger partial charge in [0.1, 0.15) is 5.69 Å². The summed E-state index contributed by atoms with van der Waals surface area (Å²) in [5.41, 5.74) is 7.90. The van der Waals surface area contributed by atoms with Gasteiger partial charge in [-0.1, -0.05) is 6.07 Å². The van der Waals surface area contributed by atoms with E-state index in [-0.39, 0.29) is 5.91 Å². The number of carbonyl (C=O) groups excluding carboxylic acids is 1. The summed E-state index contributed by atoms with van der Waals surface area (Å²) in [5.74, 6) is -0.105. The van der Waals surface area contributed by atoms with Crippen LogP contribution in [0.3, 0.4) is 0 Å². The number of benzene rings is 1. The van der Waals surface area contributed by atoms with E-state index in [4.69, 9.17) is 5.73 Å². The first-order valence-corrected chi connectivity index (χ1v) is 7.82. The van der Waals surface area contributed by atoms with Crippen molar-refractivity contribution in [1.29, 1.82) is 0 Å². The highest BCUT2D eigenvalue weighted by atomic mass is 32.2. The predicted molar refractivity (Wildman–Crippen MR) is 83.3 cm³/mol. The third kappa shape index (κ3) is 2.67. The SMILES string of the molecule is CSc1cccc(NC(=O)c2cc(N)cn2C2CC2)c1. The Morgan fingerprint density at radius 3 is 2.90 bits per heavy atom. The zero-order chi connectivity index (χ0) is 14.1. The van der Waals surface area contributed by atoms with Gasteiger partial charge in [0.2, 0.25) is 0 Å². The van der Waals surface area contributed by atoms with Crippen molar-refractivity contribution >= 4 is 29.0 Å². The molecule has 0 radical (unpaired) electrons. The maximum Gasteiger partial charge on any atom is 0.272 e. The van der Waals surface area contributed by atoms with Gasteiger partial charge < -0.3 is 15.6 Å². The normalized spacial score (nSPS) is 14.2. The molecule has 0 unspecified atom stereocenters. The lowest BCUT2D eigenvalue weighted by Gasteiger charge is -2.09. The van der Waals surface area contributed by atoms with Gasteiger partial charge in [0.25, 0.3) is 5.91 Å². The van der Waals surface area contributed by atoms with Gasteiger partial charge in [-0.05, 0) is 43.4 Å². The van der Waals surface area contributed by atoms with E-state index in [1.807, 2.05) is 41.3 Å². The molecule has 20 heavy (non-hydrogen) atoms. The number of nitrogens with two attached hydrogens (primary N) is 1. The molecule has 5 heteroatoms. The summed E-state index contributed by atoms with van der Waals surface area (Å²) in [5, 5.41) is 2.94. The van der Waals surface area contributed by atoms with Gasteiger partial charge >= 0.3 is 0 Å². The second-order valence-electron chi connectivity index (χ2n) is 4.98. The molecule has 0 aliphatic heterocycles. The molecule has 4 nitrogen and oxygen atoms in total. The standard InChI is InChI=1S/C15H17N3OS/c1-20-13-4-2-3-11(8-13)17-15(19)14-7-10(16)9-18(14)12-5-6-12/h2-4,7-9,12H,5-6,16H2,1H3,(H,17,19). The summed E-state index contributed by atoms with van der Waals surface area (Å²) in [7, 11) is 0. The first kappa shape index (κ1) is 13.1. The van der Waals surface area contributed by atoms with Crippen molar-refractivity contribution in [1.82, 2.24) is 4.57 Å². The van der Waals surface area contributed by atoms with Gasteiger partial charge in [-0.2, -0.15) is 0 Å². The molecule has 2 aromatic rings. The lowest BCUT2D eigenvalue weighted by molar-refractivity contribution is 0.101. The number of nitrogens with zero attached hydrogens (tertiary/aromatic N) is 1. The van der Waals surface area contributed by atoms with Crippen molar-refractivity contribution in [3.63, 3.8) is 0 Å². The van der Waals surface area contributed by atoms with Crippen LogP contribution >= 0.6 is 11.8 Å². The van der Waals surface area contributed by atoms with Gasteiger partial charge in [-0.25, -0.2) is 0 Å². The number of nitrogen functional groups attached to an aromatic ring is 1. The van der Waals surface area contributed by atoms with Crippen molar-refractivity contribution < 1.29 is 4.79 Å². The second kappa shape index (κ2) is 5.25. The van der Waals surface area contributed by atoms with Crippen LogP contribution in [0.1, 0.15) is 29.4 Å². The Bertz CT molecular complexity index is 646. The number of thioether (sulfide) groups is 1. The molecule has 0 saturated heterocycles. The van der Waals surface area contributed by atoms with Crippen LogP contribution in [0.5, 0.6) is 0 Å². The molecule has 1 saturated carbocycles. The summed E-state index contributed by atoms with van der Waals surface area (Å²) in [4.78, 5) is 13.5. The smallest absolute Gasteiger partial charge is 0.272 e. The van der Waals surface area contributed by atoms with Crippen LogP contribution in [0.2, 0.25) is 0 Å². The molecule has 1 aromatic carbocycles. The van der Waals surface area contributed by atoms with E-state index in [9.17, 15) is 4.79 Å². The molecule has 3 rings (SSSR count). The zero-order valence-corrected chi connectivity index (χ0v) is 12.1. The number of aromatic nitrogens is 1. The largest absolute Gasteiger partial charge is 0.397 e. The van der Waals surface area contributed by atoms with E-state index in [0.29, 0.717) is 17.4 Å². The van der Waals surface area contributed by atoms with Crippen LogP contribution in [-0.4, -0.2) is 16.7 Å². The molecule has 1 aromatic heterocycles. The lowest BCUT2D eigenvalue weighted by Crippen LogP contribution is -2.16. The summed E-state index contributed by atoms with van der Waals surface area (Å²) in [6, 6.07) is 10.00. The number of hydrogen-bond donors (Lipinski definition) is 2. The minimum absolute atomic E-state index is 0.105. The Morgan fingerprint density at radius 2 is 2.20 bits per heavy atom. The van der Waals surface area contributed by atoms with Crippen molar-refractivity contribution in [2.24, 2.45) is 0 Å². The molecule has 0 atom stereocenters. The van der Waals surface area contributed by atoms with E-state index < -0.39 is 0 Å². The van der Waals surface area contributed by atoms with E-state index in [1.165, 1.54) is 0 Å². The van der Waals surface area contributed by atoms with E-state index in [2.05, 4.69) is 5.32 Å². The highest BCUT2D eigenvalue weighted by molar-refractivity contribution is 7.98. The van der Waals surface area contributed by atoms with Gasteiger partial charge in [0, 0.05) is 22.8 Å². The van der Waals surface area contributed by atoms with Gasteiger partial charge in [0.05, 0.1) is 5.69 Å². The lowest BCUT2D eigenvalue weighted by atomic mass is 10.3. The van der Waals surface area contributed by atoms with Gasteiger partial charge in [-0.3, -0.25) is 4.79 Å². The fourth-order valence-corrected chi connectivity index (χ4v) is 2.69. The maximum absolute atomic E-state index is 12.4. The fourth-order valence-electron chi connectivity index (χ4n) is 2.23. The highest BCUT2D eigenvalue weighted by Crippen LogP contribution is 2.37. The fraction of sp³-hybridized carbons (Fsp3) is 0.267. The third-order valence-corrected chi connectivity index (χ3v) is 4.10. The number of carbonyl (C=O) groups is 1. The Labute approximate surface area is 122 Å². The van der Waals surface area contributed by atoms with Crippen LogP contribution in [0.4, 0.5) is 11.4 Å². The Kier molecular flexibility index (Phi) is 3.44. The van der Waals surface area contributed by atoms with Crippen molar-refractivity contribution in [3.8, 4) is 0 Å². The Balaban J connectivity index is 1.82. The minimum Gasteiger partial charge on any atom is -0.397 e. The molecule has 1 aliphatic rings. The highest BCUT2D eigenvalue weighted by Gasteiger charge is 2.27. The quantitative estimate of drug-likeness (QED) is 0.847. The van der Waals surface area contributed by atoms with Crippen LogP contribution in [0.25, 0.3) is 0 Å². The number of nitrogens with one attached hydrogen (secondary N) is 1. The topological polar surface area (TPSA) is 60.1 Å². The number of rotatable bonds is 4. The van der Waals surface area contributed by atoms with Crippen molar-refractivity contribution in [2.45, 2.75) is 23.8 Å². The molecule has 0 bridgehead atoms. The zero-order valence-electron chi connectivity index (χ0n) is 11.3. The first-order chi connectivity index (χ1) is 9.67. The number of hydrogen-bond acceptors (Lipinski definition) is 3. The van der Waals surface area contributed by atoms with Crippen molar-refractivity contribution in [3.05, 3.63) is 42.2 Å². The average Bonchev–Trinajstić information content (AvgIpc) is 3.21. The van der Waals surface area contributed by atoms with Crippen molar-refractivity contribution in [2.75, 3.05) is 17.3 Å². The average molecular weight is 287 g/mol. The second-order valence-corrected chi connectivity index (χ2v) is 5.86. The molecule has 3 N–H and O–H groups in total. The summed E-state index contributed by atoms with van der Waals surface area (Å²) in [6.07, 6.45) is 6.11. The molecule has 1 aliphatic carbocycles. The van der Waals surface area contributed by atoms with E-state index >= 15 is 0 Å². The molecule has 104 valence electrons. The third-order valence-electron chi connectivity index (χ3n) is 3.37. The summed E-state index contributed by atoms with van der Waals surface area (Å²) >= 11 is 1.65. The molecule has 1 heterocycles. The Hall–Kier alpha value is -1.88. The van der Waals surface area contributed by atoms with Crippen LogP contribution in [-0.2, 0) is 0 Å². The van der Waals surface area contributed by atoms with Gasteiger partial charge in [0.15, 0.2) is 0 Å². The van der Waals surface area contributed by atoms with Gasteiger partial charge in [-0.15, -0.1) is 11.8 Å². The molecular weight excluding hydrogens is 270 g/mol. The number of anilines is 2. The monoisotopic (exact) mass is 287 g/mol. The molecule has 1 amide bonds. The van der Waals surface area contributed by atoms with E-state index in [1.54, 1.807) is 17.8 Å². The molecule has 0 spiro atoms. The molecule has 1 fully saturated rings. The first-order valence-electron chi connectivity index (χ1n) is 6.60. The summed E-state index contributed by atoms with van der Waals surface area (Å²) in [6.45, 7) is 0. The molecular formula is C15H17N3OS. The van der Waals surface area contributed by atoms with Crippen LogP contribution in [0, 0.1) is 0 Å².